The largest absolute Gasteiger partial charge is 0.389 e. The van der Waals surface area contributed by atoms with Crippen LogP contribution in [0.25, 0.3) is 11.3 Å². The summed E-state index contributed by atoms with van der Waals surface area (Å²) in [6.45, 7) is 0. The summed E-state index contributed by atoms with van der Waals surface area (Å²) in [6.07, 6.45) is 4.75. The third-order valence-corrected chi connectivity index (χ3v) is 4.88. The van der Waals surface area contributed by atoms with Gasteiger partial charge in [-0.25, -0.2) is 4.98 Å². The summed E-state index contributed by atoms with van der Waals surface area (Å²) in [6, 6.07) is 9.79. The number of hydrogen-bond acceptors (Lipinski definition) is 4. The third-order valence-electron chi connectivity index (χ3n) is 4.14. The normalized spacial score (nSPS) is 17.1. The number of rotatable bonds is 4. The monoisotopic (exact) mass is 316 g/mol. The Hall–Kier alpha value is -1.72. The Morgan fingerprint density at radius 3 is 2.68 bits per heavy atom. The van der Waals surface area contributed by atoms with Crippen molar-refractivity contribution in [1.82, 2.24) is 4.98 Å². The lowest BCUT2D eigenvalue weighted by molar-refractivity contribution is -0.122. The summed E-state index contributed by atoms with van der Waals surface area (Å²) in [5.41, 5.74) is 2.66. The fourth-order valence-electron chi connectivity index (χ4n) is 2.99. The third kappa shape index (κ3) is 3.54. The number of nitrogens with zero attached hydrogens (tertiary/aromatic N) is 1. The van der Waals surface area contributed by atoms with Crippen molar-refractivity contribution in [2.75, 3.05) is 5.32 Å². The van der Waals surface area contributed by atoms with E-state index in [9.17, 15) is 9.90 Å². The lowest BCUT2D eigenvalue weighted by atomic mass is 9.82. The van der Waals surface area contributed by atoms with Gasteiger partial charge in [-0.2, -0.15) is 0 Å². The molecule has 1 aromatic carbocycles. The molecule has 4 nitrogen and oxygen atoms in total. The van der Waals surface area contributed by atoms with Crippen molar-refractivity contribution in [1.29, 1.82) is 0 Å². The molecule has 3 rings (SSSR count). The van der Waals surface area contributed by atoms with E-state index < -0.39 is 5.60 Å². The van der Waals surface area contributed by atoms with E-state index in [0.717, 1.165) is 35.5 Å². The second-order valence-electron chi connectivity index (χ2n) is 5.91. The highest BCUT2D eigenvalue weighted by Crippen LogP contribution is 2.33. The standard InChI is InChI=1S/C17H20N2O2S/c20-14(11-17(21)9-5-2-6-10-17)19-16-15(18-12-22-16)13-7-3-1-4-8-13/h1,3-4,7-8,12,21H,2,5-6,9-11H2,(H,19,20). The van der Waals surface area contributed by atoms with Gasteiger partial charge in [-0.05, 0) is 12.8 Å². The number of hydrogen-bond donors (Lipinski definition) is 2. The van der Waals surface area contributed by atoms with Crippen LogP contribution in [0.2, 0.25) is 0 Å². The highest BCUT2D eigenvalue weighted by molar-refractivity contribution is 7.14. The molecule has 0 aliphatic heterocycles. The Labute approximate surface area is 134 Å². The number of amides is 1. The van der Waals surface area contributed by atoms with Crippen molar-refractivity contribution in [3.8, 4) is 11.3 Å². The molecule has 1 amide bonds. The molecule has 1 aliphatic rings. The molecular formula is C17H20N2O2S. The van der Waals surface area contributed by atoms with Crippen molar-refractivity contribution in [2.24, 2.45) is 0 Å². The number of aromatic nitrogens is 1. The zero-order valence-corrected chi connectivity index (χ0v) is 13.2. The molecule has 1 aromatic heterocycles. The average molecular weight is 316 g/mol. The van der Waals surface area contributed by atoms with Gasteiger partial charge in [-0.15, -0.1) is 11.3 Å². The topological polar surface area (TPSA) is 62.2 Å². The molecule has 116 valence electrons. The van der Waals surface area contributed by atoms with E-state index in [4.69, 9.17) is 0 Å². The molecule has 0 radical (unpaired) electrons. The Bertz CT molecular complexity index is 633. The average Bonchev–Trinajstić information content (AvgIpc) is 2.96. The van der Waals surface area contributed by atoms with Crippen LogP contribution < -0.4 is 5.32 Å². The van der Waals surface area contributed by atoms with Gasteiger partial charge in [0, 0.05) is 5.56 Å². The lowest BCUT2D eigenvalue weighted by Gasteiger charge is -2.31. The first-order chi connectivity index (χ1) is 10.7. The highest BCUT2D eigenvalue weighted by atomic mass is 32.1. The molecule has 0 unspecified atom stereocenters. The van der Waals surface area contributed by atoms with E-state index in [1.54, 1.807) is 5.51 Å². The van der Waals surface area contributed by atoms with Gasteiger partial charge in [0.1, 0.15) is 10.7 Å². The Morgan fingerprint density at radius 2 is 1.95 bits per heavy atom. The smallest absolute Gasteiger partial charge is 0.227 e. The van der Waals surface area contributed by atoms with E-state index >= 15 is 0 Å². The highest BCUT2D eigenvalue weighted by Gasteiger charge is 2.32. The maximum absolute atomic E-state index is 12.3. The number of nitrogens with one attached hydrogen (secondary N) is 1. The minimum Gasteiger partial charge on any atom is -0.389 e. The fourth-order valence-corrected chi connectivity index (χ4v) is 3.71. The van der Waals surface area contributed by atoms with Crippen LogP contribution in [0.15, 0.2) is 35.8 Å². The van der Waals surface area contributed by atoms with E-state index in [1.807, 2.05) is 30.3 Å². The zero-order chi connectivity index (χ0) is 15.4. The maximum Gasteiger partial charge on any atom is 0.227 e. The van der Waals surface area contributed by atoms with E-state index in [0.29, 0.717) is 12.8 Å². The molecule has 1 fully saturated rings. The van der Waals surface area contributed by atoms with Gasteiger partial charge in [-0.3, -0.25) is 4.79 Å². The second kappa shape index (κ2) is 6.58. The van der Waals surface area contributed by atoms with Gasteiger partial charge in [0.25, 0.3) is 0 Å². The number of aliphatic hydroxyl groups is 1. The quantitative estimate of drug-likeness (QED) is 0.901. The van der Waals surface area contributed by atoms with E-state index in [-0.39, 0.29) is 12.3 Å². The van der Waals surface area contributed by atoms with Gasteiger partial charge in [0.05, 0.1) is 17.5 Å². The number of carbonyl (C=O) groups excluding carboxylic acids is 1. The molecule has 0 atom stereocenters. The molecule has 1 saturated carbocycles. The van der Waals surface area contributed by atoms with Gasteiger partial charge in [0.2, 0.25) is 5.91 Å². The van der Waals surface area contributed by atoms with Crippen molar-refractivity contribution < 1.29 is 9.90 Å². The molecule has 1 aliphatic carbocycles. The van der Waals surface area contributed by atoms with Crippen LogP contribution in [0.5, 0.6) is 0 Å². The summed E-state index contributed by atoms with van der Waals surface area (Å²) in [5.74, 6) is -0.133. The van der Waals surface area contributed by atoms with Crippen LogP contribution in [-0.2, 0) is 4.79 Å². The molecule has 22 heavy (non-hydrogen) atoms. The number of benzene rings is 1. The van der Waals surface area contributed by atoms with Crippen molar-refractivity contribution in [3.05, 3.63) is 35.8 Å². The molecule has 1 heterocycles. The molecule has 0 bridgehead atoms. The summed E-state index contributed by atoms with van der Waals surface area (Å²) >= 11 is 1.41. The first-order valence-electron chi connectivity index (χ1n) is 7.67. The van der Waals surface area contributed by atoms with Crippen molar-refractivity contribution in [3.63, 3.8) is 0 Å². The fraction of sp³-hybridized carbons (Fsp3) is 0.412. The van der Waals surface area contributed by atoms with Gasteiger partial charge < -0.3 is 10.4 Å². The lowest BCUT2D eigenvalue weighted by Crippen LogP contribution is -2.35. The summed E-state index contributed by atoms with van der Waals surface area (Å²) in [4.78, 5) is 16.6. The molecular weight excluding hydrogens is 296 g/mol. The van der Waals surface area contributed by atoms with E-state index in [1.165, 1.54) is 11.3 Å². The van der Waals surface area contributed by atoms with Crippen LogP contribution in [0.1, 0.15) is 38.5 Å². The predicted molar refractivity (Wildman–Crippen MR) is 88.8 cm³/mol. The first-order valence-corrected chi connectivity index (χ1v) is 8.55. The Morgan fingerprint density at radius 1 is 1.23 bits per heavy atom. The van der Waals surface area contributed by atoms with Gasteiger partial charge in [0.15, 0.2) is 0 Å². The summed E-state index contributed by atoms with van der Waals surface area (Å²) < 4.78 is 0. The molecule has 2 N–H and O–H groups in total. The summed E-state index contributed by atoms with van der Waals surface area (Å²) in [7, 11) is 0. The Kier molecular flexibility index (Phi) is 4.55. The number of anilines is 1. The van der Waals surface area contributed by atoms with Gasteiger partial charge >= 0.3 is 0 Å². The molecule has 0 spiro atoms. The van der Waals surface area contributed by atoms with Gasteiger partial charge in [-0.1, -0.05) is 49.6 Å². The number of thiazole rings is 1. The SMILES string of the molecule is O=C(CC1(O)CCCCC1)Nc1scnc1-c1ccccc1. The Balaban J connectivity index is 1.69. The molecule has 5 heteroatoms. The van der Waals surface area contributed by atoms with Crippen LogP contribution in [0.3, 0.4) is 0 Å². The van der Waals surface area contributed by atoms with Crippen LogP contribution >= 0.6 is 11.3 Å². The minimum absolute atomic E-state index is 0.133. The molecule has 0 saturated heterocycles. The second-order valence-corrected chi connectivity index (χ2v) is 6.76. The predicted octanol–water partition coefficient (Wildman–Crippen LogP) is 3.83. The van der Waals surface area contributed by atoms with Crippen molar-refractivity contribution in [2.45, 2.75) is 44.1 Å². The van der Waals surface area contributed by atoms with Crippen LogP contribution in [-0.4, -0.2) is 21.6 Å². The van der Waals surface area contributed by atoms with E-state index in [2.05, 4.69) is 10.3 Å². The number of carbonyl (C=O) groups is 1. The molecule has 2 aromatic rings. The van der Waals surface area contributed by atoms with Crippen LogP contribution in [0, 0.1) is 0 Å². The van der Waals surface area contributed by atoms with Crippen molar-refractivity contribution >= 4 is 22.2 Å². The van der Waals surface area contributed by atoms with Crippen LogP contribution in [0.4, 0.5) is 5.00 Å². The maximum atomic E-state index is 12.3. The minimum atomic E-state index is -0.833. The first kappa shape index (κ1) is 15.2. The zero-order valence-electron chi connectivity index (χ0n) is 12.4. The summed E-state index contributed by atoms with van der Waals surface area (Å²) in [5, 5.41) is 14.1.